The number of fused-ring (bicyclic) bond motifs is 3. The topological polar surface area (TPSA) is 48.5 Å². The summed E-state index contributed by atoms with van der Waals surface area (Å²) in [6.45, 7) is 8.40. The van der Waals surface area contributed by atoms with Crippen LogP contribution in [0, 0.1) is 6.92 Å². The molecule has 108 valence electrons. The molecular weight excluding hydrogens is 266 g/mol. The Labute approximate surface area is 122 Å². The summed E-state index contributed by atoms with van der Waals surface area (Å²) in [5.74, 6) is 0.389. The zero-order valence-corrected chi connectivity index (χ0v) is 12.2. The van der Waals surface area contributed by atoms with Crippen LogP contribution in [0.1, 0.15) is 23.1 Å². The standard InChI is InChI=1S/C16H17N3O2/c1-4-10-18-12-8-6-7-9-13(12)19-14(15(20)21-5-2)11(3)17-16(18)19/h4,6-9H,1,5,10H2,2-3H3. The molecule has 5 nitrogen and oxygen atoms in total. The zero-order valence-electron chi connectivity index (χ0n) is 12.2. The highest BCUT2D eigenvalue weighted by Gasteiger charge is 2.22. The minimum atomic E-state index is -0.344. The van der Waals surface area contributed by atoms with Crippen molar-refractivity contribution in [3.05, 3.63) is 48.3 Å². The Morgan fingerprint density at radius 2 is 2.10 bits per heavy atom. The van der Waals surface area contributed by atoms with E-state index in [1.807, 2.05) is 46.2 Å². The Morgan fingerprint density at radius 3 is 2.76 bits per heavy atom. The third-order valence-electron chi connectivity index (χ3n) is 3.47. The number of hydrogen-bond donors (Lipinski definition) is 0. The van der Waals surface area contributed by atoms with E-state index in [9.17, 15) is 4.79 Å². The highest BCUT2D eigenvalue weighted by Crippen LogP contribution is 2.24. The molecule has 0 amide bonds. The van der Waals surface area contributed by atoms with Crippen LogP contribution < -0.4 is 0 Å². The molecule has 3 rings (SSSR count). The number of hydrogen-bond acceptors (Lipinski definition) is 3. The molecule has 0 unspecified atom stereocenters. The zero-order chi connectivity index (χ0) is 15.0. The molecule has 0 saturated heterocycles. The summed E-state index contributed by atoms with van der Waals surface area (Å²) in [6.07, 6.45) is 1.82. The first kappa shape index (κ1) is 13.4. The number of ether oxygens (including phenoxy) is 1. The van der Waals surface area contributed by atoms with Crippen molar-refractivity contribution < 1.29 is 9.53 Å². The van der Waals surface area contributed by atoms with Crippen molar-refractivity contribution in [2.75, 3.05) is 6.61 Å². The molecule has 1 aromatic carbocycles. The van der Waals surface area contributed by atoms with Crippen molar-refractivity contribution in [1.29, 1.82) is 0 Å². The third kappa shape index (κ3) is 1.93. The first-order chi connectivity index (χ1) is 10.2. The number of aromatic nitrogens is 3. The van der Waals surface area contributed by atoms with Crippen LogP contribution in [0.4, 0.5) is 0 Å². The molecule has 0 aliphatic rings. The van der Waals surface area contributed by atoms with Gasteiger partial charge in [-0.1, -0.05) is 18.2 Å². The van der Waals surface area contributed by atoms with Gasteiger partial charge in [0.2, 0.25) is 5.78 Å². The summed E-state index contributed by atoms with van der Waals surface area (Å²) in [6, 6.07) is 7.91. The molecule has 0 aliphatic carbocycles. The number of carbonyl (C=O) groups is 1. The molecule has 0 spiro atoms. The highest BCUT2D eigenvalue weighted by molar-refractivity contribution is 5.93. The van der Waals surface area contributed by atoms with Gasteiger partial charge in [-0.25, -0.2) is 9.78 Å². The Bertz CT molecular complexity index is 842. The summed E-state index contributed by atoms with van der Waals surface area (Å²) < 4.78 is 9.07. The second-order valence-corrected chi connectivity index (χ2v) is 4.79. The predicted octanol–water partition coefficient (Wildman–Crippen LogP) is 2.96. The number of carbonyl (C=O) groups excluding carboxylic acids is 1. The van der Waals surface area contributed by atoms with E-state index in [2.05, 4.69) is 11.6 Å². The Balaban J connectivity index is 2.40. The van der Waals surface area contributed by atoms with Crippen LogP contribution in [-0.2, 0) is 11.3 Å². The van der Waals surface area contributed by atoms with Gasteiger partial charge in [0.15, 0.2) is 5.69 Å². The lowest BCUT2D eigenvalue weighted by molar-refractivity contribution is 0.0518. The largest absolute Gasteiger partial charge is 0.461 e. The SMILES string of the molecule is C=CCn1c2ccccc2n2c(C(=O)OCC)c(C)nc12. The molecule has 0 N–H and O–H groups in total. The molecule has 2 aromatic heterocycles. The monoisotopic (exact) mass is 283 g/mol. The number of nitrogens with zero attached hydrogens (tertiary/aromatic N) is 3. The van der Waals surface area contributed by atoms with Gasteiger partial charge in [0, 0.05) is 6.54 Å². The van der Waals surface area contributed by atoms with E-state index >= 15 is 0 Å². The molecule has 0 radical (unpaired) electrons. The van der Waals surface area contributed by atoms with Crippen molar-refractivity contribution >= 4 is 22.8 Å². The van der Waals surface area contributed by atoms with E-state index in [-0.39, 0.29) is 5.97 Å². The second kappa shape index (κ2) is 5.09. The summed E-state index contributed by atoms with van der Waals surface area (Å²) in [7, 11) is 0. The molecule has 5 heteroatoms. The molecule has 3 aromatic rings. The van der Waals surface area contributed by atoms with E-state index in [1.165, 1.54) is 0 Å². The van der Waals surface area contributed by atoms with Gasteiger partial charge in [0.25, 0.3) is 0 Å². The van der Waals surface area contributed by atoms with Crippen molar-refractivity contribution in [3.8, 4) is 0 Å². The lowest BCUT2D eigenvalue weighted by Crippen LogP contribution is -2.09. The number of aryl methyl sites for hydroxylation is 1. The summed E-state index contributed by atoms with van der Waals surface area (Å²) in [5, 5.41) is 0. The number of para-hydroxylation sites is 2. The van der Waals surface area contributed by atoms with E-state index < -0.39 is 0 Å². The van der Waals surface area contributed by atoms with E-state index in [4.69, 9.17) is 4.74 Å². The molecule has 0 bridgehead atoms. The van der Waals surface area contributed by atoms with E-state index in [0.717, 1.165) is 16.8 Å². The van der Waals surface area contributed by atoms with Crippen LogP contribution in [0.25, 0.3) is 16.8 Å². The smallest absolute Gasteiger partial charge is 0.357 e. The van der Waals surface area contributed by atoms with Crippen LogP contribution in [0.2, 0.25) is 0 Å². The summed E-state index contributed by atoms with van der Waals surface area (Å²) >= 11 is 0. The Hall–Kier alpha value is -2.56. The molecule has 0 aliphatic heterocycles. The molecule has 0 fully saturated rings. The van der Waals surface area contributed by atoms with Gasteiger partial charge >= 0.3 is 5.97 Å². The number of allylic oxidation sites excluding steroid dienone is 1. The van der Waals surface area contributed by atoms with Crippen LogP contribution in [0.3, 0.4) is 0 Å². The van der Waals surface area contributed by atoms with Crippen molar-refractivity contribution in [3.63, 3.8) is 0 Å². The Morgan fingerprint density at radius 1 is 1.38 bits per heavy atom. The average Bonchev–Trinajstić information content (AvgIpc) is 2.95. The van der Waals surface area contributed by atoms with Crippen molar-refractivity contribution in [2.24, 2.45) is 0 Å². The first-order valence-electron chi connectivity index (χ1n) is 6.93. The number of rotatable bonds is 4. The lowest BCUT2D eigenvalue weighted by Gasteiger charge is -2.02. The maximum Gasteiger partial charge on any atom is 0.357 e. The van der Waals surface area contributed by atoms with Gasteiger partial charge in [-0.3, -0.25) is 4.40 Å². The second-order valence-electron chi connectivity index (χ2n) is 4.79. The number of imidazole rings is 2. The van der Waals surface area contributed by atoms with Gasteiger partial charge in [0.1, 0.15) is 0 Å². The minimum Gasteiger partial charge on any atom is -0.461 e. The van der Waals surface area contributed by atoms with E-state index in [1.54, 1.807) is 6.92 Å². The maximum atomic E-state index is 12.2. The Kier molecular flexibility index (Phi) is 3.25. The molecule has 0 atom stereocenters. The van der Waals surface area contributed by atoms with Crippen LogP contribution in [0.5, 0.6) is 0 Å². The van der Waals surface area contributed by atoms with E-state index in [0.29, 0.717) is 24.5 Å². The maximum absolute atomic E-state index is 12.2. The van der Waals surface area contributed by atoms with Crippen molar-refractivity contribution in [2.45, 2.75) is 20.4 Å². The fourth-order valence-corrected chi connectivity index (χ4v) is 2.66. The van der Waals surface area contributed by atoms with Crippen LogP contribution in [0.15, 0.2) is 36.9 Å². The van der Waals surface area contributed by atoms with Crippen LogP contribution in [-0.4, -0.2) is 26.5 Å². The average molecular weight is 283 g/mol. The number of benzene rings is 1. The fourth-order valence-electron chi connectivity index (χ4n) is 2.66. The summed E-state index contributed by atoms with van der Waals surface area (Å²) in [5.41, 5.74) is 3.13. The minimum absolute atomic E-state index is 0.344. The van der Waals surface area contributed by atoms with Crippen molar-refractivity contribution in [1.82, 2.24) is 14.0 Å². The molecule has 21 heavy (non-hydrogen) atoms. The normalized spacial score (nSPS) is 11.1. The number of esters is 1. The third-order valence-corrected chi connectivity index (χ3v) is 3.47. The highest BCUT2D eigenvalue weighted by atomic mass is 16.5. The van der Waals surface area contributed by atoms with Gasteiger partial charge in [0.05, 0.1) is 23.3 Å². The van der Waals surface area contributed by atoms with Gasteiger partial charge in [-0.15, -0.1) is 6.58 Å². The summed E-state index contributed by atoms with van der Waals surface area (Å²) in [4.78, 5) is 16.8. The lowest BCUT2D eigenvalue weighted by atomic mass is 10.3. The fraction of sp³-hybridized carbons (Fsp3) is 0.250. The first-order valence-corrected chi connectivity index (χ1v) is 6.93. The quantitative estimate of drug-likeness (QED) is 0.546. The van der Waals surface area contributed by atoms with Gasteiger partial charge in [-0.2, -0.15) is 0 Å². The van der Waals surface area contributed by atoms with Gasteiger partial charge < -0.3 is 9.30 Å². The van der Waals surface area contributed by atoms with Gasteiger partial charge in [-0.05, 0) is 26.0 Å². The molecule has 0 saturated carbocycles. The molecular formula is C16H17N3O2. The molecule has 2 heterocycles. The predicted molar refractivity (Wildman–Crippen MR) is 81.6 cm³/mol. The van der Waals surface area contributed by atoms with Crippen LogP contribution >= 0.6 is 0 Å².